The maximum Gasteiger partial charge on any atom is 0.299 e. The van der Waals surface area contributed by atoms with Crippen molar-refractivity contribution in [2.24, 2.45) is 5.10 Å². The van der Waals surface area contributed by atoms with Crippen molar-refractivity contribution in [1.29, 1.82) is 0 Å². The summed E-state index contributed by atoms with van der Waals surface area (Å²) in [6.07, 6.45) is -1.62. The zero-order chi connectivity index (χ0) is 19.4. The lowest BCUT2D eigenvalue weighted by Gasteiger charge is -2.03. The highest BCUT2D eigenvalue weighted by molar-refractivity contribution is 7.71. The molecule has 0 aliphatic heterocycles. The number of nitrogens with zero attached hydrogens (tertiary/aromatic N) is 4. The van der Waals surface area contributed by atoms with Gasteiger partial charge in [-0.2, -0.15) is 14.9 Å². The highest BCUT2D eigenvalue weighted by Gasteiger charge is 2.16. The third-order valence-corrected chi connectivity index (χ3v) is 3.55. The van der Waals surface area contributed by atoms with Gasteiger partial charge in [-0.3, -0.25) is 10.1 Å². The molecule has 0 bridgehead atoms. The summed E-state index contributed by atoms with van der Waals surface area (Å²) >= 11 is 4.84. The van der Waals surface area contributed by atoms with E-state index in [1.165, 1.54) is 30.5 Å². The Balaban J connectivity index is 1.64. The van der Waals surface area contributed by atoms with Crippen molar-refractivity contribution >= 4 is 24.1 Å². The number of nitrogens with one attached hydrogen (secondary N) is 1. The molecule has 0 aliphatic rings. The minimum atomic E-state index is -2.84. The fourth-order valence-corrected chi connectivity index (χ4v) is 2.22. The van der Waals surface area contributed by atoms with Gasteiger partial charge in [0.1, 0.15) is 23.9 Å². The number of nitro benzene ring substituents is 1. The summed E-state index contributed by atoms with van der Waals surface area (Å²) in [7, 11) is 0. The topological polar surface area (TPSA) is 111 Å². The van der Waals surface area contributed by atoms with Crippen LogP contribution in [0, 0.1) is 14.9 Å². The van der Waals surface area contributed by atoms with Crippen LogP contribution in [-0.2, 0) is 6.61 Å². The molecule has 3 rings (SSSR count). The Morgan fingerprint density at radius 1 is 1.37 bits per heavy atom. The largest absolute Gasteiger partial charge is 0.486 e. The molecule has 0 atom stereocenters. The molecule has 0 radical (unpaired) electrons. The van der Waals surface area contributed by atoms with Crippen LogP contribution in [-0.4, -0.2) is 26.0 Å². The number of furan rings is 1. The van der Waals surface area contributed by atoms with Crippen LogP contribution < -0.4 is 4.74 Å². The molecule has 27 heavy (non-hydrogen) atoms. The van der Waals surface area contributed by atoms with Crippen LogP contribution in [0.15, 0.2) is 45.9 Å². The molecule has 12 heteroatoms. The van der Waals surface area contributed by atoms with Gasteiger partial charge in [-0.15, -0.1) is 0 Å². The summed E-state index contributed by atoms with van der Waals surface area (Å²) in [6.45, 7) is 0.0685. The number of ether oxygens (including phenoxy) is 1. The standard InChI is InChI=1S/C15H11F2N5O4S/c16-13(17)14-19-20-15(27)21(14)18-7-11-5-6-12(26-11)8-25-10-3-1-9(2-4-10)22(23)24/h1-7,13H,8H2,(H,20,27)/b18-7-. The molecule has 0 spiro atoms. The van der Waals surface area contributed by atoms with E-state index in [0.29, 0.717) is 17.3 Å². The number of halogens is 2. The number of hydrogen-bond donors (Lipinski definition) is 1. The predicted octanol–water partition coefficient (Wildman–Crippen LogP) is 3.84. The van der Waals surface area contributed by atoms with Gasteiger partial charge in [-0.05, 0) is 36.5 Å². The average Bonchev–Trinajstić information content (AvgIpc) is 3.25. The van der Waals surface area contributed by atoms with E-state index in [4.69, 9.17) is 21.4 Å². The number of H-pyrrole nitrogens is 1. The van der Waals surface area contributed by atoms with E-state index in [0.717, 1.165) is 4.68 Å². The summed E-state index contributed by atoms with van der Waals surface area (Å²) in [5.74, 6) is 0.559. The van der Waals surface area contributed by atoms with E-state index in [1.54, 1.807) is 12.1 Å². The monoisotopic (exact) mass is 395 g/mol. The van der Waals surface area contributed by atoms with Crippen LogP contribution in [0.25, 0.3) is 0 Å². The second-order valence-corrected chi connectivity index (χ2v) is 5.47. The molecule has 1 N–H and O–H groups in total. The van der Waals surface area contributed by atoms with Crippen molar-refractivity contribution in [3.05, 3.63) is 68.6 Å². The van der Waals surface area contributed by atoms with Crippen LogP contribution in [0.2, 0.25) is 0 Å². The molecular formula is C15H11F2N5O4S. The van der Waals surface area contributed by atoms with E-state index >= 15 is 0 Å². The minimum absolute atomic E-state index is 0.0418. The van der Waals surface area contributed by atoms with E-state index in [2.05, 4.69) is 15.3 Å². The minimum Gasteiger partial charge on any atom is -0.486 e. The highest BCUT2D eigenvalue weighted by atomic mass is 32.1. The van der Waals surface area contributed by atoms with Gasteiger partial charge in [-0.25, -0.2) is 13.9 Å². The highest BCUT2D eigenvalue weighted by Crippen LogP contribution is 2.19. The molecule has 3 aromatic rings. The van der Waals surface area contributed by atoms with Crippen molar-refractivity contribution < 1.29 is 22.9 Å². The van der Waals surface area contributed by atoms with Gasteiger partial charge in [0.2, 0.25) is 10.6 Å². The van der Waals surface area contributed by atoms with Gasteiger partial charge < -0.3 is 9.15 Å². The SMILES string of the molecule is O=[N+]([O-])c1ccc(OCc2ccc(/C=N\n3c(C(F)F)n[nH]c3=S)o2)cc1. The fraction of sp³-hybridized carbons (Fsp3) is 0.133. The first-order valence-electron chi connectivity index (χ1n) is 7.40. The Morgan fingerprint density at radius 3 is 2.78 bits per heavy atom. The van der Waals surface area contributed by atoms with Crippen LogP contribution in [0.4, 0.5) is 14.5 Å². The van der Waals surface area contributed by atoms with Crippen LogP contribution in [0.1, 0.15) is 23.8 Å². The molecule has 0 saturated heterocycles. The second kappa shape index (κ2) is 7.86. The molecule has 1 aromatic carbocycles. The first-order chi connectivity index (χ1) is 12.9. The Hall–Kier alpha value is -3.41. The Labute approximate surface area is 155 Å². The molecule has 2 heterocycles. The number of non-ortho nitro benzene ring substituents is 1. The van der Waals surface area contributed by atoms with Gasteiger partial charge >= 0.3 is 0 Å². The number of aromatic amines is 1. The summed E-state index contributed by atoms with van der Waals surface area (Å²) < 4.78 is 37.2. The molecule has 0 saturated carbocycles. The fourth-order valence-electron chi connectivity index (χ4n) is 2.03. The normalized spacial score (nSPS) is 11.4. The lowest BCUT2D eigenvalue weighted by Crippen LogP contribution is -1.99. The summed E-state index contributed by atoms with van der Waals surface area (Å²) in [5, 5.41) is 20.1. The number of rotatable bonds is 7. The Morgan fingerprint density at radius 2 is 2.11 bits per heavy atom. The summed E-state index contributed by atoms with van der Waals surface area (Å²) in [6, 6.07) is 8.78. The van der Waals surface area contributed by atoms with E-state index < -0.39 is 17.2 Å². The lowest BCUT2D eigenvalue weighted by atomic mass is 10.3. The summed E-state index contributed by atoms with van der Waals surface area (Å²) in [4.78, 5) is 10.1. The van der Waals surface area contributed by atoms with Crippen molar-refractivity contribution in [3.8, 4) is 5.75 Å². The quantitative estimate of drug-likeness (QED) is 0.282. The molecular weight excluding hydrogens is 384 g/mol. The zero-order valence-corrected chi connectivity index (χ0v) is 14.2. The van der Waals surface area contributed by atoms with E-state index in [-0.39, 0.29) is 17.1 Å². The lowest BCUT2D eigenvalue weighted by molar-refractivity contribution is -0.384. The molecule has 9 nitrogen and oxygen atoms in total. The number of nitro groups is 1. The van der Waals surface area contributed by atoms with Gasteiger partial charge in [0, 0.05) is 12.1 Å². The van der Waals surface area contributed by atoms with Crippen molar-refractivity contribution in [2.75, 3.05) is 0 Å². The van der Waals surface area contributed by atoms with E-state index in [9.17, 15) is 18.9 Å². The molecule has 140 valence electrons. The van der Waals surface area contributed by atoms with Gasteiger partial charge in [0.05, 0.1) is 11.1 Å². The summed E-state index contributed by atoms with van der Waals surface area (Å²) in [5.41, 5.74) is -0.0418. The maximum atomic E-state index is 12.8. The molecule has 0 amide bonds. The zero-order valence-electron chi connectivity index (χ0n) is 13.4. The maximum absolute atomic E-state index is 12.8. The van der Waals surface area contributed by atoms with Gasteiger partial charge in [-0.1, -0.05) is 0 Å². The molecule has 2 aromatic heterocycles. The Kier molecular flexibility index (Phi) is 5.35. The first kappa shape index (κ1) is 18.4. The number of alkyl halides is 2. The average molecular weight is 395 g/mol. The van der Waals surface area contributed by atoms with Crippen LogP contribution in [0.3, 0.4) is 0 Å². The number of hydrogen-bond acceptors (Lipinski definition) is 7. The third-order valence-electron chi connectivity index (χ3n) is 3.28. The van der Waals surface area contributed by atoms with Crippen LogP contribution in [0.5, 0.6) is 5.75 Å². The second-order valence-electron chi connectivity index (χ2n) is 5.09. The molecule has 0 aliphatic carbocycles. The predicted molar refractivity (Wildman–Crippen MR) is 91.5 cm³/mol. The third kappa shape index (κ3) is 4.41. The molecule has 0 fully saturated rings. The van der Waals surface area contributed by atoms with Crippen LogP contribution >= 0.6 is 12.2 Å². The van der Waals surface area contributed by atoms with Crippen molar-refractivity contribution in [2.45, 2.75) is 13.0 Å². The van der Waals surface area contributed by atoms with Crippen molar-refractivity contribution in [1.82, 2.24) is 14.9 Å². The van der Waals surface area contributed by atoms with Gasteiger partial charge in [0.15, 0.2) is 0 Å². The van der Waals surface area contributed by atoms with E-state index in [1.807, 2.05) is 0 Å². The number of aromatic nitrogens is 3. The van der Waals surface area contributed by atoms with Crippen molar-refractivity contribution in [3.63, 3.8) is 0 Å². The smallest absolute Gasteiger partial charge is 0.299 e. The van der Waals surface area contributed by atoms with Gasteiger partial charge in [0.25, 0.3) is 12.1 Å². The Bertz CT molecular complexity index is 1030. The first-order valence-corrected chi connectivity index (χ1v) is 7.80. The molecule has 0 unspecified atom stereocenters. The number of benzene rings is 1.